The van der Waals surface area contributed by atoms with Crippen molar-refractivity contribution in [3.05, 3.63) is 57.7 Å². The van der Waals surface area contributed by atoms with Crippen molar-refractivity contribution in [2.24, 2.45) is 0 Å². The highest BCUT2D eigenvalue weighted by Gasteiger charge is 2.38. The van der Waals surface area contributed by atoms with E-state index in [1.807, 2.05) is 0 Å². The van der Waals surface area contributed by atoms with E-state index in [9.17, 15) is 27.7 Å². The summed E-state index contributed by atoms with van der Waals surface area (Å²) in [5.74, 6) is -2.10. The van der Waals surface area contributed by atoms with Crippen LogP contribution in [0.25, 0.3) is 23.6 Å². The van der Waals surface area contributed by atoms with Crippen molar-refractivity contribution in [1.82, 2.24) is 4.98 Å². The third-order valence-corrected chi connectivity index (χ3v) is 2.99. The molecule has 0 spiro atoms. The number of nitrogens with zero attached hydrogens (tertiary/aromatic N) is 2. The van der Waals surface area contributed by atoms with E-state index >= 15 is 0 Å². The average molecular weight is 342 g/mol. The summed E-state index contributed by atoms with van der Waals surface area (Å²) in [6, 6.07) is 1.06. The van der Waals surface area contributed by atoms with E-state index in [1.54, 1.807) is 13.0 Å². The Kier molecular flexibility index (Phi) is 4.54. The molecular weight excluding hydrogens is 332 g/mol. The van der Waals surface area contributed by atoms with Gasteiger partial charge in [-0.15, -0.1) is 0 Å². The molecule has 5 nitrogen and oxygen atoms in total. The van der Waals surface area contributed by atoms with Crippen molar-refractivity contribution >= 4 is 17.8 Å². The Morgan fingerprint density at radius 3 is 2.54 bits per heavy atom. The number of nitro groups is 1. The van der Waals surface area contributed by atoms with Crippen LogP contribution in [0.5, 0.6) is 0 Å². The first kappa shape index (κ1) is 17.4. The number of hydrogen-bond acceptors (Lipinski definition) is 4. The van der Waals surface area contributed by atoms with E-state index in [0.717, 1.165) is 0 Å². The van der Waals surface area contributed by atoms with Gasteiger partial charge in [-0.1, -0.05) is 12.7 Å². The van der Waals surface area contributed by atoms with Gasteiger partial charge in [0.05, 0.1) is 10.5 Å². The molecule has 126 valence electrons. The summed E-state index contributed by atoms with van der Waals surface area (Å²) in [6.07, 6.45) is -0.686. The molecule has 2 rings (SSSR count). The van der Waals surface area contributed by atoms with E-state index in [-0.39, 0.29) is 22.9 Å². The van der Waals surface area contributed by atoms with E-state index in [2.05, 4.69) is 11.6 Å². The molecule has 0 fully saturated rings. The van der Waals surface area contributed by atoms with Gasteiger partial charge in [0.1, 0.15) is 5.69 Å². The van der Waals surface area contributed by atoms with Crippen LogP contribution in [0.3, 0.4) is 0 Å². The first-order valence-corrected chi connectivity index (χ1v) is 6.50. The van der Waals surface area contributed by atoms with Crippen molar-refractivity contribution < 1.29 is 26.9 Å². The third kappa shape index (κ3) is 3.19. The molecule has 0 aliphatic carbocycles. The minimum absolute atomic E-state index is 0.170. The number of aromatic nitrogens is 1. The molecule has 0 amide bonds. The molecule has 2 aromatic rings. The van der Waals surface area contributed by atoms with Crippen molar-refractivity contribution in [2.75, 3.05) is 0 Å². The van der Waals surface area contributed by atoms with Crippen LogP contribution >= 0.6 is 0 Å². The zero-order valence-electron chi connectivity index (χ0n) is 12.2. The molecule has 1 heterocycles. The van der Waals surface area contributed by atoms with Gasteiger partial charge in [0, 0.05) is 11.6 Å². The lowest BCUT2D eigenvalue weighted by Gasteiger charge is -2.09. The minimum Gasteiger partial charge on any atom is -0.436 e. The minimum atomic E-state index is -5.11. The van der Waals surface area contributed by atoms with Crippen LogP contribution < -0.4 is 0 Å². The smallest absolute Gasteiger partial charge is 0.419 e. The number of rotatable bonds is 4. The topological polar surface area (TPSA) is 69.2 Å². The molecule has 1 aromatic heterocycles. The van der Waals surface area contributed by atoms with Gasteiger partial charge in [-0.2, -0.15) is 17.6 Å². The van der Waals surface area contributed by atoms with Crippen molar-refractivity contribution in [1.29, 1.82) is 0 Å². The quantitative estimate of drug-likeness (QED) is 0.441. The zero-order chi connectivity index (χ0) is 18.1. The molecule has 0 unspecified atom stereocenters. The first-order chi connectivity index (χ1) is 11.2. The molecule has 0 N–H and O–H groups in total. The summed E-state index contributed by atoms with van der Waals surface area (Å²) < 4.78 is 57.8. The zero-order valence-corrected chi connectivity index (χ0v) is 12.2. The SMILES string of the molecule is C=Cc1oc(-c2cc([N+](=O)[O-])c(F)c(C(F)(F)F)c2)nc1/C=C\C. The monoisotopic (exact) mass is 342 g/mol. The second-order valence-corrected chi connectivity index (χ2v) is 4.58. The number of oxazole rings is 1. The Morgan fingerprint density at radius 2 is 2.04 bits per heavy atom. The normalized spacial score (nSPS) is 11.9. The van der Waals surface area contributed by atoms with Crippen LogP contribution in [0, 0.1) is 15.9 Å². The summed E-state index contributed by atoms with van der Waals surface area (Å²) in [5, 5.41) is 10.8. The fourth-order valence-corrected chi connectivity index (χ4v) is 1.96. The summed E-state index contributed by atoms with van der Waals surface area (Å²) >= 11 is 0. The predicted octanol–water partition coefficient (Wildman–Crippen LogP) is 5.08. The number of nitro benzene ring substituents is 1. The van der Waals surface area contributed by atoms with Crippen molar-refractivity contribution in [3.63, 3.8) is 0 Å². The van der Waals surface area contributed by atoms with E-state index < -0.39 is 28.2 Å². The highest BCUT2D eigenvalue weighted by molar-refractivity contribution is 5.65. The number of benzene rings is 1. The highest BCUT2D eigenvalue weighted by atomic mass is 19.4. The molecule has 0 saturated heterocycles. The van der Waals surface area contributed by atoms with Crippen LogP contribution in [0.2, 0.25) is 0 Å². The average Bonchev–Trinajstić information content (AvgIpc) is 2.89. The van der Waals surface area contributed by atoms with Gasteiger partial charge >= 0.3 is 11.9 Å². The van der Waals surface area contributed by atoms with Gasteiger partial charge in [-0.05, 0) is 25.1 Å². The fraction of sp³-hybridized carbons (Fsp3) is 0.133. The van der Waals surface area contributed by atoms with E-state index in [0.29, 0.717) is 12.1 Å². The maximum Gasteiger partial charge on any atom is 0.419 e. The molecular formula is C15H10F4N2O3. The standard InChI is InChI=1S/C15H10F4N2O3/c1-3-5-10-12(4-2)24-14(20-10)8-6-9(15(17,18)19)13(16)11(7-8)21(22)23/h3-7H,2H2,1H3/b5-3-. The fourth-order valence-electron chi connectivity index (χ4n) is 1.96. The summed E-state index contributed by atoms with van der Waals surface area (Å²) in [6.45, 7) is 5.17. The lowest BCUT2D eigenvalue weighted by Crippen LogP contribution is -2.10. The first-order valence-electron chi connectivity index (χ1n) is 6.50. The molecule has 0 aliphatic heterocycles. The van der Waals surface area contributed by atoms with Crippen LogP contribution in [-0.4, -0.2) is 9.91 Å². The Morgan fingerprint density at radius 1 is 1.38 bits per heavy atom. The van der Waals surface area contributed by atoms with Gasteiger partial charge in [-0.3, -0.25) is 10.1 Å². The molecule has 9 heteroatoms. The molecule has 0 atom stereocenters. The summed E-state index contributed by atoms with van der Waals surface area (Å²) in [7, 11) is 0. The lowest BCUT2D eigenvalue weighted by molar-refractivity contribution is -0.387. The molecule has 1 aromatic carbocycles. The van der Waals surface area contributed by atoms with Crippen LogP contribution in [0.1, 0.15) is 23.9 Å². The van der Waals surface area contributed by atoms with Gasteiger partial charge in [0.25, 0.3) is 0 Å². The largest absolute Gasteiger partial charge is 0.436 e. The second kappa shape index (κ2) is 6.26. The van der Waals surface area contributed by atoms with Crippen molar-refractivity contribution in [3.8, 4) is 11.5 Å². The number of halogens is 4. The van der Waals surface area contributed by atoms with Crippen molar-refractivity contribution in [2.45, 2.75) is 13.1 Å². The Bertz CT molecular complexity index is 838. The van der Waals surface area contributed by atoms with Gasteiger partial charge in [0.15, 0.2) is 5.76 Å². The maximum atomic E-state index is 13.7. The second-order valence-electron chi connectivity index (χ2n) is 4.58. The maximum absolute atomic E-state index is 13.7. The number of hydrogen-bond donors (Lipinski definition) is 0. The molecule has 0 bridgehead atoms. The number of alkyl halides is 3. The van der Waals surface area contributed by atoms with Gasteiger partial charge < -0.3 is 4.42 Å². The highest BCUT2D eigenvalue weighted by Crippen LogP contribution is 2.38. The third-order valence-electron chi connectivity index (χ3n) is 2.99. The predicted molar refractivity (Wildman–Crippen MR) is 78.4 cm³/mol. The molecule has 0 radical (unpaired) electrons. The molecule has 0 saturated carbocycles. The lowest BCUT2D eigenvalue weighted by atomic mass is 10.1. The van der Waals surface area contributed by atoms with E-state index in [4.69, 9.17) is 4.42 Å². The summed E-state index contributed by atoms with van der Waals surface area (Å²) in [5.41, 5.74) is -3.17. The summed E-state index contributed by atoms with van der Waals surface area (Å²) in [4.78, 5) is 13.6. The molecule has 24 heavy (non-hydrogen) atoms. The van der Waals surface area contributed by atoms with Crippen LogP contribution in [-0.2, 0) is 6.18 Å². The number of allylic oxidation sites excluding steroid dienone is 1. The van der Waals surface area contributed by atoms with Gasteiger partial charge in [-0.25, -0.2) is 4.98 Å². The van der Waals surface area contributed by atoms with Crippen LogP contribution in [0.15, 0.2) is 29.2 Å². The Balaban J connectivity index is 2.73. The molecule has 0 aliphatic rings. The van der Waals surface area contributed by atoms with Gasteiger partial charge in [0.2, 0.25) is 11.7 Å². The Labute approximate surface area is 133 Å². The Hall–Kier alpha value is -2.97. The van der Waals surface area contributed by atoms with E-state index in [1.165, 1.54) is 12.2 Å². The van der Waals surface area contributed by atoms with Crippen LogP contribution in [0.4, 0.5) is 23.2 Å².